The number of para-hydroxylation sites is 1. The maximum absolute atomic E-state index is 13.7. The van der Waals surface area contributed by atoms with Crippen LogP contribution in [0.15, 0.2) is 59.7 Å². The summed E-state index contributed by atoms with van der Waals surface area (Å²) in [5, 5.41) is 14.8. The van der Waals surface area contributed by atoms with E-state index >= 15 is 0 Å². The fourth-order valence-corrected chi connectivity index (χ4v) is 6.22. The minimum Gasteiger partial charge on any atom is -0.369 e. The van der Waals surface area contributed by atoms with Gasteiger partial charge < -0.3 is 10.0 Å². The molecule has 5 nitrogen and oxygen atoms in total. The predicted molar refractivity (Wildman–Crippen MR) is 148 cm³/mol. The minimum absolute atomic E-state index is 0.0753. The van der Waals surface area contributed by atoms with E-state index in [0.717, 1.165) is 41.8 Å². The van der Waals surface area contributed by atoms with Gasteiger partial charge in [-0.25, -0.2) is 0 Å². The fraction of sp³-hybridized carbons (Fsp3) is 0.467. The van der Waals surface area contributed by atoms with Gasteiger partial charge in [0.2, 0.25) is 5.91 Å². The standard InChI is InChI=1S/C30H30ClF6N3O2/c31-23-8-4-5-9-24(23)40-25(18-26(38-40)28(42,29(32,33)34)30(35,36)37)21-12-10-19(11-13-21)20-14-16-39(17-15-20)27(41)22-6-2-1-3-7-22/h4-5,8-14,22,25,42H,1-3,6-7,15-18H2. The van der Waals surface area contributed by atoms with Crippen molar-refractivity contribution < 1.29 is 36.2 Å². The molecule has 42 heavy (non-hydrogen) atoms. The lowest BCUT2D eigenvalue weighted by Crippen LogP contribution is -2.62. The highest BCUT2D eigenvalue weighted by molar-refractivity contribution is 6.33. The molecule has 1 atom stereocenters. The lowest BCUT2D eigenvalue weighted by Gasteiger charge is -2.32. The Balaban J connectivity index is 1.40. The van der Waals surface area contributed by atoms with E-state index in [0.29, 0.717) is 25.1 Å². The first-order valence-corrected chi connectivity index (χ1v) is 14.2. The zero-order valence-corrected chi connectivity index (χ0v) is 23.3. The van der Waals surface area contributed by atoms with E-state index < -0.39 is 36.1 Å². The average Bonchev–Trinajstić information content (AvgIpc) is 3.41. The molecule has 3 aliphatic rings. The van der Waals surface area contributed by atoms with E-state index in [4.69, 9.17) is 11.6 Å². The molecule has 2 aromatic carbocycles. The predicted octanol–water partition coefficient (Wildman–Crippen LogP) is 7.70. The number of halogens is 7. The Kier molecular flexibility index (Phi) is 8.37. The number of anilines is 1. The Morgan fingerprint density at radius 3 is 2.14 bits per heavy atom. The molecule has 0 saturated heterocycles. The number of nitrogens with zero attached hydrogens (tertiary/aromatic N) is 3. The lowest BCUT2D eigenvalue weighted by molar-refractivity contribution is -0.338. The van der Waals surface area contributed by atoms with Crippen molar-refractivity contribution >= 4 is 34.5 Å². The number of hydrazone groups is 1. The molecule has 5 rings (SSSR count). The molecule has 1 fully saturated rings. The van der Waals surface area contributed by atoms with Crippen molar-refractivity contribution in [1.82, 2.24) is 4.90 Å². The van der Waals surface area contributed by atoms with Crippen molar-refractivity contribution in [3.8, 4) is 0 Å². The number of hydrogen-bond acceptors (Lipinski definition) is 4. The van der Waals surface area contributed by atoms with Gasteiger partial charge in [-0.2, -0.15) is 31.4 Å². The summed E-state index contributed by atoms with van der Waals surface area (Å²) in [6.45, 7) is 1.07. The summed E-state index contributed by atoms with van der Waals surface area (Å²) in [7, 11) is 0. The van der Waals surface area contributed by atoms with Gasteiger partial charge in [-0.05, 0) is 48.1 Å². The van der Waals surface area contributed by atoms with Gasteiger partial charge in [-0.15, -0.1) is 0 Å². The van der Waals surface area contributed by atoms with Crippen molar-refractivity contribution in [2.45, 2.75) is 68.9 Å². The summed E-state index contributed by atoms with van der Waals surface area (Å²) < 4.78 is 82.2. The Morgan fingerprint density at radius 1 is 0.929 bits per heavy atom. The number of aliphatic hydroxyl groups is 1. The molecule has 0 aromatic heterocycles. The van der Waals surface area contributed by atoms with Crippen molar-refractivity contribution in [2.24, 2.45) is 11.0 Å². The molecule has 1 saturated carbocycles. The van der Waals surface area contributed by atoms with Crippen LogP contribution < -0.4 is 5.01 Å². The molecular formula is C30H30ClF6N3O2. The molecule has 1 aliphatic carbocycles. The highest BCUT2D eigenvalue weighted by Crippen LogP contribution is 2.49. The SMILES string of the molecule is O=C(C1CCCCC1)N1CC=C(c2ccc(C3CC(C(O)(C(F)(F)F)C(F)(F)F)=NN3c3ccccc3Cl)cc2)CC1. The van der Waals surface area contributed by atoms with Crippen molar-refractivity contribution in [1.29, 1.82) is 0 Å². The third kappa shape index (κ3) is 5.65. The van der Waals surface area contributed by atoms with Gasteiger partial charge in [0.15, 0.2) is 0 Å². The second-order valence-corrected chi connectivity index (χ2v) is 11.4. The summed E-state index contributed by atoms with van der Waals surface area (Å²) in [5.41, 5.74) is -4.24. The normalized spacial score (nSPS) is 20.9. The molecule has 2 aliphatic heterocycles. The van der Waals surface area contributed by atoms with Gasteiger partial charge in [-0.1, -0.05) is 73.3 Å². The molecule has 12 heteroatoms. The average molecular weight is 614 g/mol. The molecule has 0 radical (unpaired) electrons. The summed E-state index contributed by atoms with van der Waals surface area (Å²) in [5.74, 6) is 0.273. The summed E-state index contributed by atoms with van der Waals surface area (Å²) in [6, 6.07) is 11.7. The van der Waals surface area contributed by atoms with Crippen molar-refractivity contribution in [2.75, 3.05) is 18.1 Å². The number of alkyl halides is 6. The van der Waals surface area contributed by atoms with Crippen molar-refractivity contribution in [3.05, 3.63) is 70.8 Å². The number of hydrogen-bond donors (Lipinski definition) is 1. The van der Waals surface area contributed by atoms with Crippen LogP contribution in [0.5, 0.6) is 0 Å². The quantitative estimate of drug-likeness (QED) is 0.352. The van der Waals surface area contributed by atoms with Gasteiger partial charge in [0.05, 0.1) is 22.5 Å². The second-order valence-electron chi connectivity index (χ2n) is 11.0. The third-order valence-electron chi connectivity index (χ3n) is 8.39. The topological polar surface area (TPSA) is 56.1 Å². The first kappa shape index (κ1) is 30.4. The maximum Gasteiger partial charge on any atom is 0.431 e. The van der Waals surface area contributed by atoms with Crippen LogP contribution in [0.4, 0.5) is 32.0 Å². The van der Waals surface area contributed by atoms with Gasteiger partial charge in [0, 0.05) is 25.4 Å². The van der Waals surface area contributed by atoms with E-state index in [9.17, 15) is 36.2 Å². The molecule has 226 valence electrons. The summed E-state index contributed by atoms with van der Waals surface area (Å²) >= 11 is 6.26. The number of carbonyl (C=O) groups is 1. The van der Waals surface area contributed by atoms with Gasteiger partial charge in [0.25, 0.3) is 5.60 Å². The van der Waals surface area contributed by atoms with Gasteiger partial charge in [0.1, 0.15) is 0 Å². The van der Waals surface area contributed by atoms with Crippen LogP contribution >= 0.6 is 11.6 Å². The van der Waals surface area contributed by atoms with Crippen LogP contribution in [0.3, 0.4) is 0 Å². The number of carbonyl (C=O) groups excluding carboxylic acids is 1. The van der Waals surface area contributed by atoms with Crippen LogP contribution in [-0.4, -0.2) is 52.7 Å². The van der Waals surface area contributed by atoms with Gasteiger partial charge in [-0.3, -0.25) is 9.80 Å². The zero-order valence-electron chi connectivity index (χ0n) is 22.6. The molecule has 1 amide bonds. The monoisotopic (exact) mass is 613 g/mol. The molecule has 1 N–H and O–H groups in total. The van der Waals surface area contributed by atoms with Crippen LogP contribution in [0, 0.1) is 5.92 Å². The number of rotatable bonds is 5. The number of amides is 1. The first-order chi connectivity index (χ1) is 19.8. The smallest absolute Gasteiger partial charge is 0.369 e. The van der Waals surface area contributed by atoms with E-state index in [1.54, 1.807) is 30.3 Å². The molecule has 1 unspecified atom stereocenters. The zero-order chi connectivity index (χ0) is 30.3. The van der Waals surface area contributed by atoms with Gasteiger partial charge >= 0.3 is 12.4 Å². The van der Waals surface area contributed by atoms with E-state index in [-0.39, 0.29) is 22.5 Å². The van der Waals surface area contributed by atoms with Crippen LogP contribution in [0.2, 0.25) is 5.02 Å². The molecule has 0 spiro atoms. The maximum atomic E-state index is 13.7. The summed E-state index contributed by atoms with van der Waals surface area (Å²) in [4.78, 5) is 14.8. The first-order valence-electron chi connectivity index (χ1n) is 13.9. The fourth-order valence-electron chi connectivity index (χ4n) is 6.00. The molecule has 2 aromatic rings. The molecular weight excluding hydrogens is 584 g/mol. The van der Waals surface area contributed by atoms with Crippen LogP contribution in [-0.2, 0) is 4.79 Å². The number of benzene rings is 2. The van der Waals surface area contributed by atoms with Crippen LogP contribution in [0.1, 0.15) is 62.1 Å². The Hall–Kier alpha value is -3.05. The van der Waals surface area contributed by atoms with E-state index in [1.807, 2.05) is 11.0 Å². The largest absolute Gasteiger partial charge is 0.431 e. The van der Waals surface area contributed by atoms with Crippen LogP contribution in [0.25, 0.3) is 5.57 Å². The van der Waals surface area contributed by atoms with E-state index in [2.05, 4.69) is 5.10 Å². The lowest BCUT2D eigenvalue weighted by atomic mass is 9.87. The summed E-state index contributed by atoms with van der Waals surface area (Å²) in [6.07, 6.45) is -5.15. The van der Waals surface area contributed by atoms with E-state index in [1.165, 1.54) is 24.6 Å². The third-order valence-corrected chi connectivity index (χ3v) is 8.71. The Morgan fingerprint density at radius 2 is 1.57 bits per heavy atom. The Labute approximate surface area is 244 Å². The highest BCUT2D eigenvalue weighted by atomic mass is 35.5. The minimum atomic E-state index is -6.05. The van der Waals surface area contributed by atoms with Crippen molar-refractivity contribution in [3.63, 3.8) is 0 Å². The Bertz CT molecular complexity index is 1350. The molecule has 2 heterocycles. The highest BCUT2D eigenvalue weighted by Gasteiger charge is 2.74. The second kappa shape index (κ2) is 11.6. The molecule has 0 bridgehead atoms.